The summed E-state index contributed by atoms with van der Waals surface area (Å²) in [6, 6.07) is 17.2. The Morgan fingerprint density at radius 2 is 1.80 bits per heavy atom. The van der Waals surface area contributed by atoms with Gasteiger partial charge in [0.15, 0.2) is 0 Å². The van der Waals surface area contributed by atoms with E-state index in [0.717, 1.165) is 59.1 Å². The lowest BCUT2D eigenvalue weighted by Gasteiger charge is -2.32. The quantitative estimate of drug-likeness (QED) is 0.302. The summed E-state index contributed by atoms with van der Waals surface area (Å²) in [5.41, 5.74) is 11.4. The Labute approximate surface area is 262 Å². The fraction of sp³-hybridized carbons (Fsp3) is 0.303. The van der Waals surface area contributed by atoms with Crippen molar-refractivity contribution in [2.75, 3.05) is 13.1 Å². The second-order valence-electron chi connectivity index (χ2n) is 11.8. The van der Waals surface area contributed by atoms with Crippen LogP contribution in [0, 0.1) is 0 Å². The van der Waals surface area contributed by atoms with Crippen LogP contribution in [0.25, 0.3) is 16.6 Å². The number of hydrogen-bond donors (Lipinski definition) is 2. The third kappa shape index (κ3) is 5.20. The van der Waals surface area contributed by atoms with Crippen LogP contribution in [0.3, 0.4) is 0 Å². The highest BCUT2D eigenvalue weighted by Gasteiger charge is 2.39. The largest absolute Gasteiger partial charge is 0.366 e. The Bertz CT molecular complexity index is 1830. The number of nitrogens with one attached hydrogen (secondary N) is 1. The fourth-order valence-electron chi connectivity index (χ4n) is 6.70. The molecule has 4 aromatic rings. The van der Waals surface area contributed by atoms with E-state index in [1.807, 2.05) is 24.4 Å². The van der Waals surface area contributed by atoms with Gasteiger partial charge in [-0.05, 0) is 79.2 Å². The first-order valence-electron chi connectivity index (χ1n) is 14.8. The van der Waals surface area contributed by atoms with Gasteiger partial charge in [0, 0.05) is 41.1 Å². The number of likely N-dealkylation sites (tertiary alicyclic amines) is 1. The summed E-state index contributed by atoms with van der Waals surface area (Å²) in [4.78, 5) is 52.9. The van der Waals surface area contributed by atoms with Gasteiger partial charge in [-0.1, -0.05) is 46.3 Å². The number of amides is 4. The summed E-state index contributed by atoms with van der Waals surface area (Å²) < 4.78 is 2.68. The average Bonchev–Trinajstić information content (AvgIpc) is 3.59. The van der Waals surface area contributed by atoms with E-state index in [2.05, 4.69) is 61.6 Å². The number of imide groups is 1. The number of carbonyl (C=O) groups is 4. The number of nitrogens with two attached hydrogens (primary N) is 1. The molecule has 224 valence electrons. The van der Waals surface area contributed by atoms with Crippen molar-refractivity contribution in [3.63, 3.8) is 0 Å². The topological polar surface area (TPSA) is 131 Å². The van der Waals surface area contributed by atoms with Crippen LogP contribution in [-0.2, 0) is 22.7 Å². The molecule has 3 aliphatic heterocycles. The molecular formula is C33H31BrN6O4. The van der Waals surface area contributed by atoms with Crippen LogP contribution in [0.15, 0.2) is 65.3 Å². The summed E-state index contributed by atoms with van der Waals surface area (Å²) in [6.45, 7) is 3.06. The van der Waals surface area contributed by atoms with Gasteiger partial charge in [-0.3, -0.25) is 29.4 Å². The lowest BCUT2D eigenvalue weighted by molar-refractivity contribution is -0.136. The standard InChI is InChI=1S/C33H31BrN6O4/c34-27-15-26-22(17-39(33(26)44)28-8-9-29(41)36-32(28)43)14-23(27)16-38-12-10-20(11-13-38)19-4-6-24(7-5-19)40-18-21-2-1-3-25(31(35)42)30(21)37-40/h1-7,14-15,18,20,28H,8-13,16-17H2,(H2,35,42)(H,36,41,43). The Hall–Kier alpha value is -4.35. The molecule has 4 amide bonds. The monoisotopic (exact) mass is 654 g/mol. The third-order valence-electron chi connectivity index (χ3n) is 9.10. The minimum Gasteiger partial charge on any atom is -0.366 e. The lowest BCUT2D eigenvalue weighted by Crippen LogP contribution is -2.52. The summed E-state index contributed by atoms with van der Waals surface area (Å²) >= 11 is 3.69. The number of piperidine rings is 2. The molecule has 0 radical (unpaired) electrons. The highest BCUT2D eigenvalue weighted by molar-refractivity contribution is 9.10. The Balaban J connectivity index is 0.986. The first-order valence-corrected chi connectivity index (χ1v) is 15.6. The van der Waals surface area contributed by atoms with E-state index in [1.54, 1.807) is 15.6 Å². The number of benzene rings is 3. The second-order valence-corrected chi connectivity index (χ2v) is 12.7. The lowest BCUT2D eigenvalue weighted by atomic mass is 9.89. The van der Waals surface area contributed by atoms with Crippen LogP contribution in [0.1, 0.15) is 69.0 Å². The SMILES string of the molecule is NC(=O)c1cccc2cn(-c3ccc(C4CCN(Cc5cc6c(cc5Br)C(=O)N(C5CCC(=O)NC5=O)C6)CC4)cc3)nc12. The molecule has 3 aromatic carbocycles. The van der Waals surface area contributed by atoms with Gasteiger partial charge in [-0.2, -0.15) is 5.10 Å². The summed E-state index contributed by atoms with van der Waals surface area (Å²) in [7, 11) is 0. The summed E-state index contributed by atoms with van der Waals surface area (Å²) in [5, 5.41) is 7.84. The molecule has 0 aliphatic carbocycles. The molecule has 1 aromatic heterocycles. The van der Waals surface area contributed by atoms with E-state index in [1.165, 1.54) is 5.56 Å². The molecule has 0 bridgehead atoms. The molecule has 1 unspecified atom stereocenters. The zero-order chi connectivity index (χ0) is 30.5. The fourth-order valence-corrected chi connectivity index (χ4v) is 7.17. The minimum atomic E-state index is -0.614. The molecule has 4 heterocycles. The van der Waals surface area contributed by atoms with Crippen molar-refractivity contribution in [3.05, 3.63) is 93.1 Å². The maximum absolute atomic E-state index is 13.1. The number of halogens is 1. The van der Waals surface area contributed by atoms with Crippen LogP contribution in [0.2, 0.25) is 0 Å². The Morgan fingerprint density at radius 3 is 2.52 bits per heavy atom. The molecule has 10 nitrogen and oxygen atoms in total. The van der Waals surface area contributed by atoms with Gasteiger partial charge >= 0.3 is 0 Å². The van der Waals surface area contributed by atoms with Crippen LogP contribution >= 0.6 is 15.9 Å². The Morgan fingerprint density at radius 1 is 1.02 bits per heavy atom. The third-order valence-corrected chi connectivity index (χ3v) is 9.84. The van der Waals surface area contributed by atoms with Crippen LogP contribution < -0.4 is 11.1 Å². The van der Waals surface area contributed by atoms with Crippen LogP contribution in [0.5, 0.6) is 0 Å². The highest BCUT2D eigenvalue weighted by Crippen LogP contribution is 2.34. The molecular weight excluding hydrogens is 624 g/mol. The number of hydrogen-bond acceptors (Lipinski definition) is 6. The number of rotatable bonds is 6. The summed E-state index contributed by atoms with van der Waals surface area (Å²) in [5.74, 6) is -0.873. The predicted molar refractivity (Wildman–Crippen MR) is 167 cm³/mol. The molecule has 2 fully saturated rings. The van der Waals surface area contributed by atoms with Crippen LogP contribution in [-0.4, -0.2) is 62.3 Å². The van der Waals surface area contributed by atoms with Crippen molar-refractivity contribution < 1.29 is 19.2 Å². The van der Waals surface area contributed by atoms with E-state index < -0.39 is 17.9 Å². The van der Waals surface area contributed by atoms with Crippen molar-refractivity contribution in [1.82, 2.24) is 24.9 Å². The highest BCUT2D eigenvalue weighted by atomic mass is 79.9. The van der Waals surface area contributed by atoms with E-state index in [4.69, 9.17) is 5.73 Å². The smallest absolute Gasteiger partial charge is 0.255 e. The van der Waals surface area contributed by atoms with E-state index in [-0.39, 0.29) is 18.2 Å². The van der Waals surface area contributed by atoms with Gasteiger partial charge in [-0.25, -0.2) is 4.68 Å². The normalized spacial score (nSPS) is 19.4. The molecule has 3 aliphatic rings. The molecule has 0 saturated carbocycles. The first kappa shape index (κ1) is 28.4. The summed E-state index contributed by atoms with van der Waals surface area (Å²) in [6.07, 6.45) is 4.59. The maximum Gasteiger partial charge on any atom is 0.255 e. The molecule has 44 heavy (non-hydrogen) atoms. The minimum absolute atomic E-state index is 0.162. The molecule has 2 saturated heterocycles. The first-order chi connectivity index (χ1) is 21.2. The van der Waals surface area contributed by atoms with E-state index in [0.29, 0.717) is 35.5 Å². The van der Waals surface area contributed by atoms with Crippen molar-refractivity contribution in [2.45, 2.75) is 50.7 Å². The van der Waals surface area contributed by atoms with Crippen molar-refractivity contribution in [1.29, 1.82) is 0 Å². The van der Waals surface area contributed by atoms with E-state index >= 15 is 0 Å². The number of aromatic nitrogens is 2. The van der Waals surface area contributed by atoms with Gasteiger partial charge in [0.25, 0.3) is 11.8 Å². The molecule has 3 N–H and O–H groups in total. The van der Waals surface area contributed by atoms with Crippen LogP contribution in [0.4, 0.5) is 0 Å². The number of carbonyl (C=O) groups excluding carboxylic acids is 4. The average molecular weight is 656 g/mol. The predicted octanol–water partition coefficient (Wildman–Crippen LogP) is 4.03. The number of primary amides is 1. The molecule has 1 atom stereocenters. The van der Waals surface area contributed by atoms with Gasteiger partial charge in [0.2, 0.25) is 11.8 Å². The van der Waals surface area contributed by atoms with Crippen molar-refractivity contribution >= 4 is 50.5 Å². The zero-order valence-electron chi connectivity index (χ0n) is 24.0. The van der Waals surface area contributed by atoms with Gasteiger partial charge in [0.1, 0.15) is 11.6 Å². The molecule has 7 rings (SSSR count). The van der Waals surface area contributed by atoms with Gasteiger partial charge in [0.05, 0.1) is 11.3 Å². The molecule has 0 spiro atoms. The Kier molecular flexibility index (Phi) is 7.30. The maximum atomic E-state index is 13.1. The number of nitrogens with zero attached hydrogens (tertiary/aromatic N) is 4. The second kappa shape index (κ2) is 11.3. The zero-order valence-corrected chi connectivity index (χ0v) is 25.5. The van der Waals surface area contributed by atoms with Crippen molar-refractivity contribution in [3.8, 4) is 5.69 Å². The number of fused-ring (bicyclic) bond motifs is 2. The van der Waals surface area contributed by atoms with E-state index in [9.17, 15) is 19.2 Å². The van der Waals surface area contributed by atoms with Gasteiger partial charge < -0.3 is 10.6 Å². The van der Waals surface area contributed by atoms with Crippen molar-refractivity contribution in [2.24, 2.45) is 5.73 Å². The van der Waals surface area contributed by atoms with Gasteiger partial charge in [-0.15, -0.1) is 0 Å². The molecule has 11 heteroatoms.